The predicted molar refractivity (Wildman–Crippen MR) is 57.0 cm³/mol. The molecule has 0 aromatic carbocycles. The van der Waals surface area contributed by atoms with Crippen molar-refractivity contribution in [2.24, 2.45) is 16.8 Å². The Morgan fingerprint density at radius 3 is 2.93 bits per heavy atom. The van der Waals surface area contributed by atoms with Gasteiger partial charge in [-0.3, -0.25) is 9.99 Å². The second-order valence-electron chi connectivity index (χ2n) is 3.33. The fourth-order valence-electron chi connectivity index (χ4n) is 1.38. The van der Waals surface area contributed by atoms with Crippen LogP contribution in [-0.2, 0) is 4.74 Å². The third kappa shape index (κ3) is 2.05. The van der Waals surface area contributed by atoms with E-state index in [1.54, 1.807) is 0 Å². The minimum absolute atomic E-state index is 0.159. The summed E-state index contributed by atoms with van der Waals surface area (Å²) in [7, 11) is 0. The summed E-state index contributed by atoms with van der Waals surface area (Å²) in [4.78, 5) is 4.39. The van der Waals surface area contributed by atoms with Crippen molar-refractivity contribution in [2.45, 2.75) is 13.0 Å². The highest BCUT2D eigenvalue weighted by molar-refractivity contribution is 5.78. The van der Waals surface area contributed by atoms with Crippen molar-refractivity contribution >= 4 is 12.0 Å². The van der Waals surface area contributed by atoms with E-state index in [4.69, 9.17) is 16.4 Å². The SMILES string of the molecule is Cc1nc([C@H]2CO2)ccc1N(N)/C=N\N. The highest BCUT2D eigenvalue weighted by Gasteiger charge is 2.26. The van der Waals surface area contributed by atoms with E-state index in [0.717, 1.165) is 23.7 Å². The van der Waals surface area contributed by atoms with E-state index < -0.39 is 0 Å². The molecule has 1 atom stereocenters. The molecule has 0 saturated carbocycles. The van der Waals surface area contributed by atoms with Gasteiger partial charge in [0, 0.05) is 0 Å². The summed E-state index contributed by atoms with van der Waals surface area (Å²) in [5.74, 6) is 10.7. The van der Waals surface area contributed by atoms with Crippen molar-refractivity contribution in [3.63, 3.8) is 0 Å². The first kappa shape index (κ1) is 9.88. The van der Waals surface area contributed by atoms with Gasteiger partial charge in [-0.05, 0) is 19.1 Å². The first-order chi connectivity index (χ1) is 7.22. The predicted octanol–water partition coefficient (Wildman–Crippen LogP) is 0.0434. The maximum Gasteiger partial charge on any atom is 0.129 e. The summed E-state index contributed by atoms with van der Waals surface area (Å²) in [6.45, 7) is 2.63. The monoisotopic (exact) mass is 207 g/mol. The van der Waals surface area contributed by atoms with Crippen LogP contribution in [0.2, 0.25) is 0 Å². The lowest BCUT2D eigenvalue weighted by Crippen LogP contribution is -2.30. The largest absolute Gasteiger partial charge is 0.366 e. The number of epoxide rings is 1. The number of rotatable bonds is 3. The molecule has 15 heavy (non-hydrogen) atoms. The Morgan fingerprint density at radius 2 is 2.40 bits per heavy atom. The quantitative estimate of drug-likeness (QED) is 0.240. The van der Waals surface area contributed by atoms with Gasteiger partial charge in [0.15, 0.2) is 0 Å². The lowest BCUT2D eigenvalue weighted by molar-refractivity contribution is 0.411. The van der Waals surface area contributed by atoms with Crippen LogP contribution in [0.25, 0.3) is 0 Å². The highest BCUT2D eigenvalue weighted by atomic mass is 16.6. The molecule has 80 valence electrons. The zero-order valence-electron chi connectivity index (χ0n) is 8.42. The number of ether oxygens (including phenoxy) is 1. The lowest BCUT2D eigenvalue weighted by atomic mass is 10.2. The second kappa shape index (κ2) is 3.84. The van der Waals surface area contributed by atoms with Crippen LogP contribution in [0.1, 0.15) is 17.5 Å². The zero-order valence-corrected chi connectivity index (χ0v) is 8.42. The van der Waals surface area contributed by atoms with Gasteiger partial charge >= 0.3 is 0 Å². The maximum absolute atomic E-state index is 5.68. The summed E-state index contributed by atoms with van der Waals surface area (Å²) < 4.78 is 5.14. The first-order valence-corrected chi connectivity index (χ1v) is 4.59. The van der Waals surface area contributed by atoms with Crippen molar-refractivity contribution in [3.05, 3.63) is 23.5 Å². The summed E-state index contributed by atoms with van der Waals surface area (Å²) in [6.07, 6.45) is 1.49. The van der Waals surface area contributed by atoms with Crippen LogP contribution in [0.15, 0.2) is 17.2 Å². The molecule has 0 bridgehead atoms. The normalized spacial score (nSPS) is 19.5. The van der Waals surface area contributed by atoms with Gasteiger partial charge in [0.2, 0.25) is 0 Å². The Hall–Kier alpha value is -1.66. The standard InChI is InChI=1S/C9H13N5O/c1-6-8(14(11)5-12-10)3-2-7(13-6)9-4-15-9/h2-3,5,9H,4,10-11H2,1H3/b12-5-/t9-/m1/s1. The number of aromatic nitrogens is 1. The number of hydrazone groups is 1. The Balaban J connectivity index is 2.25. The van der Waals surface area contributed by atoms with Crippen molar-refractivity contribution in [1.29, 1.82) is 0 Å². The molecular formula is C9H13N5O. The maximum atomic E-state index is 5.68. The van der Waals surface area contributed by atoms with Crippen LogP contribution in [0.4, 0.5) is 5.69 Å². The Bertz CT molecular complexity index is 388. The van der Waals surface area contributed by atoms with E-state index in [9.17, 15) is 0 Å². The van der Waals surface area contributed by atoms with Crippen LogP contribution in [-0.4, -0.2) is 17.9 Å². The highest BCUT2D eigenvalue weighted by Crippen LogP contribution is 2.29. The van der Waals surface area contributed by atoms with E-state index in [0.29, 0.717) is 0 Å². The fraction of sp³-hybridized carbons (Fsp3) is 0.333. The number of nitrogens with two attached hydrogens (primary N) is 2. The second-order valence-corrected chi connectivity index (χ2v) is 3.33. The van der Waals surface area contributed by atoms with E-state index in [1.165, 1.54) is 11.3 Å². The topological polar surface area (TPSA) is 93.1 Å². The van der Waals surface area contributed by atoms with Gasteiger partial charge in [-0.25, -0.2) is 5.84 Å². The van der Waals surface area contributed by atoms with Gasteiger partial charge in [0.05, 0.1) is 23.7 Å². The minimum atomic E-state index is 0.159. The van der Waals surface area contributed by atoms with E-state index in [-0.39, 0.29) is 6.10 Å². The van der Waals surface area contributed by atoms with Crippen LogP contribution >= 0.6 is 0 Å². The average molecular weight is 207 g/mol. The van der Waals surface area contributed by atoms with Gasteiger partial charge < -0.3 is 10.6 Å². The number of hydrogen-bond donors (Lipinski definition) is 2. The summed E-state index contributed by atoms with van der Waals surface area (Å²) in [5, 5.41) is 4.68. The summed E-state index contributed by atoms with van der Waals surface area (Å²) in [6, 6.07) is 3.77. The third-order valence-corrected chi connectivity index (χ3v) is 2.21. The summed E-state index contributed by atoms with van der Waals surface area (Å²) in [5.41, 5.74) is 2.54. The molecule has 1 saturated heterocycles. The average Bonchev–Trinajstić information content (AvgIpc) is 3.01. The minimum Gasteiger partial charge on any atom is -0.366 e. The number of aryl methyl sites for hydroxylation is 1. The molecule has 4 N–H and O–H groups in total. The van der Waals surface area contributed by atoms with Crippen molar-refractivity contribution in [2.75, 3.05) is 11.6 Å². The molecule has 0 radical (unpaired) electrons. The molecule has 2 rings (SSSR count). The molecule has 1 aliphatic heterocycles. The molecule has 2 heterocycles. The molecule has 0 spiro atoms. The first-order valence-electron chi connectivity index (χ1n) is 4.59. The smallest absolute Gasteiger partial charge is 0.129 e. The number of hydrazine groups is 1. The van der Waals surface area contributed by atoms with Crippen LogP contribution < -0.4 is 16.7 Å². The number of pyridine rings is 1. The molecule has 1 aromatic heterocycles. The Morgan fingerprint density at radius 1 is 1.67 bits per heavy atom. The molecule has 6 heteroatoms. The molecule has 1 aromatic rings. The van der Waals surface area contributed by atoms with Gasteiger partial charge in [0.1, 0.15) is 12.4 Å². The van der Waals surface area contributed by atoms with Gasteiger partial charge in [-0.1, -0.05) is 0 Å². The molecular weight excluding hydrogens is 194 g/mol. The van der Waals surface area contributed by atoms with Crippen molar-refractivity contribution < 1.29 is 4.74 Å². The van der Waals surface area contributed by atoms with Crippen molar-refractivity contribution in [3.8, 4) is 0 Å². The molecule has 0 unspecified atom stereocenters. The third-order valence-electron chi connectivity index (χ3n) is 2.21. The molecule has 6 nitrogen and oxygen atoms in total. The van der Waals surface area contributed by atoms with Gasteiger partial charge in [-0.2, -0.15) is 5.10 Å². The number of hydrogen-bond acceptors (Lipinski definition) is 5. The van der Waals surface area contributed by atoms with Gasteiger partial charge in [0.25, 0.3) is 0 Å². The van der Waals surface area contributed by atoms with E-state index >= 15 is 0 Å². The zero-order chi connectivity index (χ0) is 10.8. The van der Waals surface area contributed by atoms with Crippen LogP contribution in [0.3, 0.4) is 0 Å². The molecule has 1 aliphatic rings. The molecule has 0 aliphatic carbocycles. The van der Waals surface area contributed by atoms with Crippen molar-refractivity contribution in [1.82, 2.24) is 4.98 Å². The van der Waals surface area contributed by atoms with Crippen LogP contribution in [0.5, 0.6) is 0 Å². The number of anilines is 1. The van der Waals surface area contributed by atoms with Gasteiger partial charge in [-0.15, -0.1) is 0 Å². The fourth-order valence-corrected chi connectivity index (χ4v) is 1.38. The lowest BCUT2D eigenvalue weighted by Gasteiger charge is -2.14. The molecule has 0 amide bonds. The van der Waals surface area contributed by atoms with E-state index in [2.05, 4.69) is 10.1 Å². The molecule has 1 fully saturated rings. The Labute approximate surface area is 87.5 Å². The Kier molecular flexibility index (Phi) is 2.53. The summed E-state index contributed by atoms with van der Waals surface area (Å²) >= 11 is 0. The van der Waals surface area contributed by atoms with E-state index in [1.807, 2.05) is 19.1 Å². The van der Waals surface area contributed by atoms with Crippen LogP contribution in [0, 0.1) is 6.92 Å². The number of nitrogens with zero attached hydrogens (tertiary/aromatic N) is 3.